The molecule has 2 aliphatic heterocycles. The SMILES string of the molecule is O=C(O)C1(S)C(=O)c2ccc(N3CCSC(F)C3)cc2C2=C(S)N=C21. The average Bonchev–Trinajstić information content (AvgIpc) is 2.57. The van der Waals surface area contributed by atoms with Crippen LogP contribution in [0.2, 0.25) is 0 Å². The van der Waals surface area contributed by atoms with Crippen molar-refractivity contribution in [1.82, 2.24) is 0 Å². The molecule has 9 heteroatoms. The summed E-state index contributed by atoms with van der Waals surface area (Å²) >= 11 is 9.68. The normalized spacial score (nSPS) is 28.1. The molecule has 3 aliphatic rings. The molecule has 0 spiro atoms. The molecule has 1 aromatic carbocycles. The first-order chi connectivity index (χ1) is 11.8. The minimum absolute atomic E-state index is 0.112. The van der Waals surface area contributed by atoms with Gasteiger partial charge in [0.2, 0.25) is 4.75 Å². The van der Waals surface area contributed by atoms with E-state index in [1.54, 1.807) is 18.2 Å². The average molecular weight is 396 g/mol. The van der Waals surface area contributed by atoms with Gasteiger partial charge < -0.3 is 10.0 Å². The zero-order valence-corrected chi connectivity index (χ0v) is 15.4. The monoisotopic (exact) mass is 396 g/mol. The second kappa shape index (κ2) is 5.78. The van der Waals surface area contributed by atoms with Gasteiger partial charge in [0.1, 0.15) is 5.03 Å². The Bertz CT molecular complexity index is 885. The highest BCUT2D eigenvalue weighted by Crippen LogP contribution is 2.47. The van der Waals surface area contributed by atoms with E-state index < -0.39 is 22.0 Å². The molecular weight excluding hydrogens is 383 g/mol. The molecule has 2 atom stereocenters. The lowest BCUT2D eigenvalue weighted by atomic mass is 9.75. The molecule has 0 radical (unpaired) electrons. The highest BCUT2D eigenvalue weighted by atomic mass is 32.2. The topological polar surface area (TPSA) is 70.0 Å². The summed E-state index contributed by atoms with van der Waals surface area (Å²) in [4.78, 5) is 30.4. The maximum absolute atomic E-state index is 13.7. The largest absolute Gasteiger partial charge is 0.480 e. The molecule has 1 aliphatic carbocycles. The zero-order chi connectivity index (χ0) is 17.9. The number of hydrogen-bond acceptors (Lipinski definition) is 7. The number of benzene rings is 1. The van der Waals surface area contributed by atoms with Crippen LogP contribution in [0, 0.1) is 0 Å². The third-order valence-electron chi connectivity index (χ3n) is 4.57. The number of anilines is 1. The van der Waals surface area contributed by atoms with Crippen molar-refractivity contribution in [3.8, 4) is 0 Å². The molecule has 1 fully saturated rings. The summed E-state index contributed by atoms with van der Waals surface area (Å²) in [7, 11) is 0. The number of thioether (sulfide) groups is 1. The minimum Gasteiger partial charge on any atom is -0.480 e. The van der Waals surface area contributed by atoms with Gasteiger partial charge in [-0.15, -0.1) is 37.0 Å². The fourth-order valence-corrected chi connectivity index (χ4v) is 4.73. The molecule has 0 bridgehead atoms. The molecule has 25 heavy (non-hydrogen) atoms. The number of carboxylic acid groups (broad SMARTS) is 1. The summed E-state index contributed by atoms with van der Waals surface area (Å²) in [5.41, 5.74) is 1.32. The molecule has 2 heterocycles. The van der Waals surface area contributed by atoms with Crippen molar-refractivity contribution in [1.29, 1.82) is 0 Å². The highest BCUT2D eigenvalue weighted by molar-refractivity contribution is 7.99. The van der Waals surface area contributed by atoms with Gasteiger partial charge in [-0.05, 0) is 23.8 Å². The number of thiol groups is 2. The highest BCUT2D eigenvalue weighted by Gasteiger charge is 2.56. The second-order valence-electron chi connectivity index (χ2n) is 5.96. The Labute approximate surface area is 158 Å². The lowest BCUT2D eigenvalue weighted by Crippen LogP contribution is -2.54. The number of nitrogens with zero attached hydrogens (tertiary/aromatic N) is 2. The third kappa shape index (κ3) is 2.36. The summed E-state index contributed by atoms with van der Waals surface area (Å²) < 4.78 is 11.7. The van der Waals surface area contributed by atoms with Crippen molar-refractivity contribution in [2.45, 2.75) is 10.3 Å². The molecule has 2 unspecified atom stereocenters. The maximum atomic E-state index is 13.7. The fraction of sp³-hybridized carbons (Fsp3) is 0.312. The molecule has 1 saturated heterocycles. The number of carboxylic acids is 1. The smallest absolute Gasteiger partial charge is 0.333 e. The number of halogens is 1. The third-order valence-corrected chi connectivity index (χ3v) is 6.42. The van der Waals surface area contributed by atoms with Gasteiger partial charge in [-0.2, -0.15) is 0 Å². The van der Waals surface area contributed by atoms with Crippen LogP contribution < -0.4 is 4.90 Å². The Morgan fingerprint density at radius 2 is 2.20 bits per heavy atom. The summed E-state index contributed by atoms with van der Waals surface area (Å²) in [6.45, 7) is 0.980. The Hall–Kier alpha value is -1.45. The number of ketones is 1. The Morgan fingerprint density at radius 1 is 1.44 bits per heavy atom. The van der Waals surface area contributed by atoms with Gasteiger partial charge in [-0.1, -0.05) is 0 Å². The summed E-state index contributed by atoms with van der Waals surface area (Å²) in [6, 6.07) is 5.08. The lowest BCUT2D eigenvalue weighted by molar-refractivity contribution is -0.136. The van der Waals surface area contributed by atoms with Crippen LogP contribution in [0.3, 0.4) is 0 Å². The fourth-order valence-electron chi connectivity index (χ4n) is 3.26. The van der Waals surface area contributed by atoms with E-state index in [0.717, 1.165) is 5.69 Å². The van der Waals surface area contributed by atoms with E-state index in [4.69, 9.17) is 0 Å². The first-order valence-corrected chi connectivity index (χ1v) is 9.46. The summed E-state index contributed by atoms with van der Waals surface area (Å²) in [5.74, 6) is -1.30. The molecular formula is C16H13FN2O3S3. The van der Waals surface area contributed by atoms with Gasteiger partial charge in [0.15, 0.2) is 11.3 Å². The number of hydrogen-bond donors (Lipinski definition) is 3. The van der Waals surface area contributed by atoms with Crippen molar-refractivity contribution >= 4 is 65.7 Å². The van der Waals surface area contributed by atoms with E-state index in [9.17, 15) is 19.1 Å². The predicted molar refractivity (Wildman–Crippen MR) is 103 cm³/mol. The predicted octanol–water partition coefficient (Wildman–Crippen LogP) is 2.54. The van der Waals surface area contributed by atoms with E-state index >= 15 is 0 Å². The molecule has 4 rings (SSSR count). The van der Waals surface area contributed by atoms with Crippen molar-refractivity contribution in [3.05, 3.63) is 34.4 Å². The molecule has 0 aromatic heterocycles. The lowest BCUT2D eigenvalue weighted by Gasteiger charge is -2.37. The van der Waals surface area contributed by atoms with Crippen LogP contribution in [0.25, 0.3) is 5.57 Å². The van der Waals surface area contributed by atoms with Gasteiger partial charge in [0, 0.05) is 29.1 Å². The number of allylic oxidation sites excluding steroid dienone is 1. The quantitative estimate of drug-likeness (QED) is 0.529. The summed E-state index contributed by atoms with van der Waals surface area (Å²) in [5, 5.41) is 9.88. The van der Waals surface area contributed by atoms with Crippen molar-refractivity contribution in [2.75, 3.05) is 23.7 Å². The molecule has 5 nitrogen and oxygen atoms in total. The first kappa shape index (κ1) is 17.0. The van der Waals surface area contributed by atoms with Crippen molar-refractivity contribution < 1.29 is 19.1 Å². The first-order valence-electron chi connectivity index (χ1n) is 7.52. The Morgan fingerprint density at radius 3 is 2.84 bits per heavy atom. The number of aliphatic imine (C=N–C) groups is 1. The molecule has 130 valence electrons. The molecule has 1 aromatic rings. The number of Topliss-reactive ketones (excluding diaryl/α,β-unsaturated/α-hetero) is 1. The number of alkyl halides is 1. The van der Waals surface area contributed by atoms with Crippen LogP contribution >= 0.6 is 37.0 Å². The maximum Gasteiger partial charge on any atom is 0.333 e. The second-order valence-corrected chi connectivity index (χ2v) is 8.31. The van der Waals surface area contributed by atoms with E-state index in [1.165, 1.54) is 11.8 Å². The van der Waals surface area contributed by atoms with E-state index in [0.29, 0.717) is 28.5 Å². The van der Waals surface area contributed by atoms with Crippen LogP contribution in [-0.2, 0) is 4.79 Å². The zero-order valence-electron chi connectivity index (χ0n) is 12.8. The number of carbonyl (C=O) groups excluding carboxylic acids is 1. The molecule has 0 saturated carbocycles. The number of carbonyl (C=O) groups is 2. The summed E-state index contributed by atoms with van der Waals surface area (Å²) in [6.07, 6.45) is 0. The number of rotatable bonds is 2. The van der Waals surface area contributed by atoms with E-state index in [1.807, 2.05) is 4.90 Å². The van der Waals surface area contributed by atoms with Crippen molar-refractivity contribution in [2.24, 2.45) is 4.99 Å². The van der Waals surface area contributed by atoms with Crippen LogP contribution in [0.4, 0.5) is 10.1 Å². The van der Waals surface area contributed by atoms with Crippen molar-refractivity contribution in [3.63, 3.8) is 0 Å². The Kier molecular flexibility index (Phi) is 3.93. The van der Waals surface area contributed by atoms with Crippen LogP contribution in [-0.4, -0.2) is 51.7 Å². The van der Waals surface area contributed by atoms with Gasteiger partial charge in [0.25, 0.3) is 0 Å². The van der Waals surface area contributed by atoms with E-state index in [2.05, 4.69) is 30.2 Å². The Balaban J connectivity index is 1.81. The van der Waals surface area contributed by atoms with Gasteiger partial charge >= 0.3 is 5.97 Å². The molecule has 1 N–H and O–H groups in total. The van der Waals surface area contributed by atoms with Crippen LogP contribution in [0.1, 0.15) is 15.9 Å². The standard InChI is InChI=1S/C16H13FN2O3S3/c17-10-6-19(3-4-25-10)7-1-2-8-9(5-7)11-12(18-14(11)23)16(24,13(8)20)15(21)22/h1-2,5,10,24H,3-4,6H2,(H,18,23)(H,21,22). The van der Waals surface area contributed by atoms with Crippen LogP contribution in [0.15, 0.2) is 28.2 Å². The van der Waals surface area contributed by atoms with Gasteiger partial charge in [-0.3, -0.25) is 4.79 Å². The van der Waals surface area contributed by atoms with E-state index in [-0.39, 0.29) is 17.8 Å². The van der Waals surface area contributed by atoms with Crippen LogP contribution in [0.5, 0.6) is 0 Å². The minimum atomic E-state index is -2.00. The number of aliphatic carboxylic acids is 1. The molecule has 0 amide bonds. The van der Waals surface area contributed by atoms with Gasteiger partial charge in [0.05, 0.1) is 12.3 Å². The van der Waals surface area contributed by atoms with Gasteiger partial charge in [-0.25, -0.2) is 14.2 Å². The number of fused-ring (bicyclic) bond motifs is 3.